The maximum absolute atomic E-state index is 12.9. The first-order valence-electron chi connectivity index (χ1n) is 8.53. The number of nitrogens with one attached hydrogen (secondary N) is 1. The number of benzene rings is 1. The van der Waals surface area contributed by atoms with Gasteiger partial charge in [-0.1, -0.05) is 37.2 Å². The number of thioether (sulfide) groups is 1. The Morgan fingerprint density at radius 1 is 1.35 bits per heavy atom. The van der Waals surface area contributed by atoms with Crippen LogP contribution in [-0.2, 0) is 16.6 Å². The molecule has 0 saturated carbocycles. The second kappa shape index (κ2) is 9.21. The molecule has 144 valence electrons. The third-order valence-electron chi connectivity index (χ3n) is 3.85. The lowest BCUT2D eigenvalue weighted by Gasteiger charge is -2.14. The summed E-state index contributed by atoms with van der Waals surface area (Å²) in [5.74, 6) is 0.986. The molecule has 6 nitrogen and oxygen atoms in total. The van der Waals surface area contributed by atoms with Gasteiger partial charge in [0.25, 0.3) is 5.56 Å². The highest BCUT2D eigenvalue weighted by Gasteiger charge is 2.13. The molecule has 0 atom stereocenters. The zero-order chi connectivity index (χ0) is 19.3. The molecule has 0 radical (unpaired) electrons. The Bertz CT molecular complexity index is 927. The van der Waals surface area contributed by atoms with Crippen molar-refractivity contribution < 1.29 is 8.42 Å². The first kappa shape index (κ1) is 21.2. The summed E-state index contributed by atoms with van der Waals surface area (Å²) in [4.78, 5) is 17.5. The molecule has 1 heterocycles. The van der Waals surface area contributed by atoms with Crippen molar-refractivity contribution in [1.29, 1.82) is 0 Å². The Labute approximate surface area is 163 Å². The maximum Gasteiger partial charge on any atom is 0.262 e. The van der Waals surface area contributed by atoms with Crippen molar-refractivity contribution in [3.63, 3.8) is 0 Å². The highest BCUT2D eigenvalue weighted by Crippen LogP contribution is 2.21. The van der Waals surface area contributed by atoms with Gasteiger partial charge in [0.05, 0.1) is 16.7 Å². The van der Waals surface area contributed by atoms with Crippen LogP contribution in [0.2, 0.25) is 5.02 Å². The van der Waals surface area contributed by atoms with Crippen LogP contribution in [0, 0.1) is 5.92 Å². The highest BCUT2D eigenvalue weighted by atomic mass is 35.5. The van der Waals surface area contributed by atoms with E-state index in [1.165, 1.54) is 11.8 Å². The van der Waals surface area contributed by atoms with Crippen LogP contribution in [0.15, 0.2) is 28.2 Å². The fourth-order valence-corrected chi connectivity index (χ4v) is 4.10. The number of halogens is 1. The molecule has 1 aromatic heterocycles. The minimum atomic E-state index is -3.22. The molecule has 2 aromatic rings. The van der Waals surface area contributed by atoms with Crippen molar-refractivity contribution in [2.45, 2.75) is 38.9 Å². The molecular weight excluding hydrogens is 394 g/mol. The number of aromatic nitrogens is 2. The lowest BCUT2D eigenvalue weighted by atomic mass is 10.1. The Morgan fingerprint density at radius 3 is 2.73 bits per heavy atom. The summed E-state index contributed by atoms with van der Waals surface area (Å²) in [6.45, 7) is 6.66. The van der Waals surface area contributed by atoms with Gasteiger partial charge < -0.3 is 0 Å². The van der Waals surface area contributed by atoms with Gasteiger partial charge in [0.1, 0.15) is 0 Å². The fourth-order valence-electron chi connectivity index (χ4n) is 2.31. The van der Waals surface area contributed by atoms with E-state index in [1.807, 2.05) is 0 Å². The monoisotopic (exact) mass is 417 g/mol. The predicted molar refractivity (Wildman–Crippen MR) is 109 cm³/mol. The molecule has 9 heteroatoms. The van der Waals surface area contributed by atoms with E-state index in [2.05, 4.69) is 23.6 Å². The third-order valence-corrected chi connectivity index (χ3v) is 6.46. The number of hydrogen-bond donors (Lipinski definition) is 1. The van der Waals surface area contributed by atoms with Crippen molar-refractivity contribution in [1.82, 2.24) is 14.3 Å². The quantitative estimate of drug-likeness (QED) is 0.385. The molecule has 26 heavy (non-hydrogen) atoms. The lowest BCUT2D eigenvalue weighted by Crippen LogP contribution is -2.28. The van der Waals surface area contributed by atoms with Crippen molar-refractivity contribution in [3.05, 3.63) is 33.6 Å². The Kier molecular flexibility index (Phi) is 7.52. The maximum atomic E-state index is 12.9. The Hall–Kier alpha value is -1.09. The smallest absolute Gasteiger partial charge is 0.262 e. The van der Waals surface area contributed by atoms with Crippen LogP contribution >= 0.6 is 23.4 Å². The summed E-state index contributed by atoms with van der Waals surface area (Å²) < 4.78 is 27.2. The van der Waals surface area contributed by atoms with E-state index in [1.54, 1.807) is 29.7 Å². The summed E-state index contributed by atoms with van der Waals surface area (Å²) >= 11 is 7.39. The van der Waals surface area contributed by atoms with Crippen LogP contribution in [0.5, 0.6) is 0 Å². The van der Waals surface area contributed by atoms with E-state index in [9.17, 15) is 13.2 Å². The van der Waals surface area contributed by atoms with Crippen LogP contribution in [0.1, 0.15) is 27.2 Å². The minimum Gasteiger partial charge on any atom is -0.287 e. The summed E-state index contributed by atoms with van der Waals surface area (Å²) in [6.07, 6.45) is 0.858. The number of hydrogen-bond acceptors (Lipinski definition) is 5. The van der Waals surface area contributed by atoms with Crippen LogP contribution in [0.4, 0.5) is 0 Å². The standard InChI is InChI=1S/C17H24ClN3O3S2/c1-4-26(23,24)19-8-10-25-17-20-15-11-13(18)5-6-14(15)16(22)21(17)9-7-12(2)3/h5-6,11-12,19H,4,7-10H2,1-3H3. The summed E-state index contributed by atoms with van der Waals surface area (Å²) in [5, 5.41) is 1.64. The SMILES string of the molecule is CCS(=O)(=O)NCCSc1nc2cc(Cl)ccc2c(=O)n1CCC(C)C. The van der Waals surface area contributed by atoms with Gasteiger partial charge in [0, 0.05) is 23.9 Å². The molecule has 0 amide bonds. The predicted octanol–water partition coefficient (Wildman–Crippen LogP) is 3.13. The zero-order valence-electron chi connectivity index (χ0n) is 15.2. The normalized spacial score (nSPS) is 12.2. The van der Waals surface area contributed by atoms with Crippen LogP contribution in [0.3, 0.4) is 0 Å². The Balaban J connectivity index is 2.29. The molecule has 1 aromatic carbocycles. The van der Waals surface area contributed by atoms with Gasteiger partial charge in [-0.2, -0.15) is 0 Å². The van der Waals surface area contributed by atoms with Gasteiger partial charge in [-0.15, -0.1) is 0 Å². The van der Waals surface area contributed by atoms with E-state index >= 15 is 0 Å². The fraction of sp³-hybridized carbons (Fsp3) is 0.529. The average molecular weight is 418 g/mol. The second-order valence-corrected chi connectivity index (χ2v) is 9.94. The lowest BCUT2D eigenvalue weighted by molar-refractivity contribution is 0.481. The molecule has 0 spiro atoms. The molecule has 2 rings (SSSR count). The Morgan fingerprint density at radius 2 is 2.08 bits per heavy atom. The molecule has 0 unspecified atom stereocenters. The summed E-state index contributed by atoms with van der Waals surface area (Å²) in [5.41, 5.74) is 0.462. The number of nitrogens with zero attached hydrogens (tertiary/aromatic N) is 2. The van der Waals surface area contributed by atoms with Crippen molar-refractivity contribution in [2.24, 2.45) is 5.92 Å². The average Bonchev–Trinajstić information content (AvgIpc) is 2.57. The number of fused-ring (bicyclic) bond motifs is 1. The summed E-state index contributed by atoms with van der Waals surface area (Å²) in [7, 11) is -3.22. The van der Waals surface area contributed by atoms with Gasteiger partial charge in [0.15, 0.2) is 5.16 Å². The van der Waals surface area contributed by atoms with Gasteiger partial charge >= 0.3 is 0 Å². The van der Waals surface area contributed by atoms with Gasteiger partial charge in [-0.3, -0.25) is 9.36 Å². The van der Waals surface area contributed by atoms with Crippen LogP contribution in [-0.4, -0.2) is 36.0 Å². The summed E-state index contributed by atoms with van der Waals surface area (Å²) in [6, 6.07) is 5.06. The largest absolute Gasteiger partial charge is 0.287 e. The molecule has 0 aliphatic heterocycles. The van der Waals surface area contributed by atoms with Crippen molar-refractivity contribution in [2.75, 3.05) is 18.1 Å². The first-order chi connectivity index (χ1) is 12.2. The zero-order valence-corrected chi connectivity index (χ0v) is 17.5. The van der Waals surface area contributed by atoms with Gasteiger partial charge in [-0.25, -0.2) is 18.1 Å². The molecule has 0 aliphatic rings. The van der Waals surface area contributed by atoms with E-state index in [0.29, 0.717) is 39.3 Å². The third kappa shape index (κ3) is 5.70. The van der Waals surface area contributed by atoms with E-state index in [-0.39, 0.29) is 17.9 Å². The van der Waals surface area contributed by atoms with Crippen LogP contribution in [0.25, 0.3) is 10.9 Å². The molecular formula is C17H24ClN3O3S2. The van der Waals surface area contributed by atoms with Crippen molar-refractivity contribution >= 4 is 44.3 Å². The first-order valence-corrected chi connectivity index (χ1v) is 11.6. The van der Waals surface area contributed by atoms with E-state index in [4.69, 9.17) is 11.6 Å². The van der Waals surface area contributed by atoms with Gasteiger partial charge in [0.2, 0.25) is 10.0 Å². The highest BCUT2D eigenvalue weighted by molar-refractivity contribution is 7.99. The van der Waals surface area contributed by atoms with E-state index in [0.717, 1.165) is 6.42 Å². The van der Waals surface area contributed by atoms with Crippen LogP contribution < -0.4 is 10.3 Å². The molecule has 1 N–H and O–H groups in total. The number of rotatable bonds is 9. The van der Waals surface area contributed by atoms with Crippen molar-refractivity contribution in [3.8, 4) is 0 Å². The second-order valence-electron chi connectivity index (χ2n) is 6.34. The number of sulfonamides is 1. The molecule has 0 fully saturated rings. The van der Waals surface area contributed by atoms with E-state index < -0.39 is 10.0 Å². The molecule has 0 aliphatic carbocycles. The molecule has 0 bridgehead atoms. The minimum absolute atomic E-state index is 0.0451. The van der Waals surface area contributed by atoms with Gasteiger partial charge in [-0.05, 0) is 37.5 Å². The topological polar surface area (TPSA) is 81.1 Å². The molecule has 0 saturated heterocycles.